The summed E-state index contributed by atoms with van der Waals surface area (Å²) in [6.07, 6.45) is 1.77. The summed E-state index contributed by atoms with van der Waals surface area (Å²) in [5.41, 5.74) is 0.498. The van der Waals surface area contributed by atoms with Gasteiger partial charge in [0.2, 0.25) is 5.91 Å². The predicted molar refractivity (Wildman–Crippen MR) is 85.1 cm³/mol. The van der Waals surface area contributed by atoms with Crippen LogP contribution in [0.25, 0.3) is 0 Å². The number of alkyl halides is 3. The van der Waals surface area contributed by atoms with Crippen LogP contribution in [-0.4, -0.2) is 24.7 Å². The van der Waals surface area contributed by atoms with Crippen LogP contribution >= 0.6 is 0 Å². The summed E-state index contributed by atoms with van der Waals surface area (Å²) in [5.74, 6) is 0.321. The van der Waals surface area contributed by atoms with Gasteiger partial charge in [0.1, 0.15) is 5.75 Å². The maximum absolute atomic E-state index is 13.0. The van der Waals surface area contributed by atoms with Gasteiger partial charge in [-0.2, -0.15) is 13.2 Å². The van der Waals surface area contributed by atoms with Gasteiger partial charge in [-0.3, -0.25) is 4.79 Å². The zero-order chi connectivity index (χ0) is 17.4. The third kappa shape index (κ3) is 3.37. The van der Waals surface area contributed by atoms with Gasteiger partial charge >= 0.3 is 6.18 Å². The van der Waals surface area contributed by atoms with Crippen LogP contribution in [0.4, 0.5) is 18.9 Å². The van der Waals surface area contributed by atoms with Crippen molar-refractivity contribution in [1.29, 1.82) is 0 Å². The Kier molecular flexibility index (Phi) is 4.49. The standard InChI is InChI=1S/C18H22F3NO2/c1-13-11-17(9-3-2-4-10-17)16(23)22(13)14-5-7-15(8-6-14)24-12-18(19,20)21/h5-8,13H,2-4,9-12H2,1H3. The van der Waals surface area contributed by atoms with E-state index < -0.39 is 12.8 Å². The number of hydrogen-bond donors (Lipinski definition) is 0. The Morgan fingerprint density at radius 2 is 1.79 bits per heavy atom. The van der Waals surface area contributed by atoms with Crippen LogP contribution < -0.4 is 9.64 Å². The van der Waals surface area contributed by atoms with Gasteiger partial charge < -0.3 is 9.64 Å². The fourth-order valence-corrected chi connectivity index (χ4v) is 4.09. The first-order valence-corrected chi connectivity index (χ1v) is 8.44. The number of anilines is 1. The Balaban J connectivity index is 1.73. The highest BCUT2D eigenvalue weighted by Crippen LogP contribution is 2.48. The summed E-state index contributed by atoms with van der Waals surface area (Å²) >= 11 is 0. The van der Waals surface area contributed by atoms with Crippen molar-refractivity contribution in [2.45, 2.75) is 57.7 Å². The van der Waals surface area contributed by atoms with Crippen molar-refractivity contribution in [3.63, 3.8) is 0 Å². The summed E-state index contributed by atoms with van der Waals surface area (Å²) < 4.78 is 41.3. The zero-order valence-electron chi connectivity index (χ0n) is 13.7. The van der Waals surface area contributed by atoms with E-state index in [0.29, 0.717) is 0 Å². The summed E-state index contributed by atoms with van der Waals surface area (Å²) in [6, 6.07) is 6.43. The second-order valence-electron chi connectivity index (χ2n) is 6.97. The molecule has 1 saturated heterocycles. The van der Waals surface area contributed by atoms with Crippen molar-refractivity contribution in [3.8, 4) is 5.75 Å². The number of ether oxygens (including phenoxy) is 1. The quantitative estimate of drug-likeness (QED) is 0.797. The van der Waals surface area contributed by atoms with Crippen molar-refractivity contribution in [2.24, 2.45) is 5.41 Å². The third-order valence-electron chi connectivity index (χ3n) is 5.13. The highest BCUT2D eigenvalue weighted by molar-refractivity contribution is 6.00. The largest absolute Gasteiger partial charge is 0.484 e. The number of hydrogen-bond acceptors (Lipinski definition) is 2. The van der Waals surface area contributed by atoms with Gasteiger partial charge in [-0.15, -0.1) is 0 Å². The summed E-state index contributed by atoms with van der Waals surface area (Å²) in [5, 5.41) is 0. The molecule has 3 nitrogen and oxygen atoms in total. The summed E-state index contributed by atoms with van der Waals surface area (Å²) in [6.45, 7) is 0.726. The molecule has 1 aliphatic carbocycles. The van der Waals surface area contributed by atoms with Crippen LogP contribution in [0.15, 0.2) is 24.3 Å². The fraction of sp³-hybridized carbons (Fsp3) is 0.611. The van der Waals surface area contributed by atoms with E-state index in [-0.39, 0.29) is 23.1 Å². The molecule has 2 fully saturated rings. The molecule has 1 aromatic carbocycles. The molecule has 24 heavy (non-hydrogen) atoms. The Labute approximate surface area is 139 Å². The molecule has 0 aromatic heterocycles. The maximum atomic E-state index is 13.0. The summed E-state index contributed by atoms with van der Waals surface area (Å²) in [7, 11) is 0. The van der Waals surface area contributed by atoms with Gasteiger partial charge in [0, 0.05) is 11.7 Å². The first kappa shape index (κ1) is 17.1. The van der Waals surface area contributed by atoms with Crippen molar-refractivity contribution < 1.29 is 22.7 Å². The molecule has 1 aromatic rings. The van der Waals surface area contributed by atoms with Crippen LogP contribution in [0.1, 0.15) is 45.4 Å². The van der Waals surface area contributed by atoms with Crippen LogP contribution in [0.3, 0.4) is 0 Å². The van der Waals surface area contributed by atoms with E-state index in [9.17, 15) is 18.0 Å². The number of amides is 1. The highest BCUT2D eigenvalue weighted by Gasteiger charge is 2.50. The minimum Gasteiger partial charge on any atom is -0.484 e. The van der Waals surface area contributed by atoms with Crippen LogP contribution in [0.2, 0.25) is 0 Å². The zero-order valence-corrected chi connectivity index (χ0v) is 13.7. The molecule has 0 radical (unpaired) electrons. The Morgan fingerprint density at radius 1 is 1.17 bits per heavy atom. The number of carbonyl (C=O) groups is 1. The first-order chi connectivity index (χ1) is 11.3. The highest BCUT2D eigenvalue weighted by atomic mass is 19.4. The lowest BCUT2D eigenvalue weighted by Gasteiger charge is -2.31. The van der Waals surface area contributed by atoms with Gasteiger partial charge in [-0.1, -0.05) is 19.3 Å². The first-order valence-electron chi connectivity index (χ1n) is 8.44. The van der Waals surface area contributed by atoms with Gasteiger partial charge in [0.25, 0.3) is 0 Å². The van der Waals surface area contributed by atoms with Gasteiger partial charge in [-0.05, 0) is 50.5 Å². The van der Waals surface area contributed by atoms with E-state index in [2.05, 4.69) is 0 Å². The number of rotatable bonds is 3. The van der Waals surface area contributed by atoms with E-state index in [1.54, 1.807) is 17.0 Å². The van der Waals surface area contributed by atoms with Crippen molar-refractivity contribution >= 4 is 11.6 Å². The third-order valence-corrected chi connectivity index (χ3v) is 5.13. The molecule has 0 N–H and O–H groups in total. The van der Waals surface area contributed by atoms with E-state index in [0.717, 1.165) is 37.8 Å². The number of nitrogens with zero attached hydrogens (tertiary/aromatic N) is 1. The number of carbonyl (C=O) groups excluding carboxylic acids is 1. The minimum atomic E-state index is -4.36. The number of halogens is 3. The van der Waals surface area contributed by atoms with Gasteiger partial charge in [-0.25, -0.2) is 0 Å². The lowest BCUT2D eigenvalue weighted by molar-refractivity contribution is -0.153. The normalized spacial score (nSPS) is 23.8. The predicted octanol–water partition coefficient (Wildman–Crippen LogP) is 4.70. The molecule has 1 unspecified atom stereocenters. The molecular weight excluding hydrogens is 319 g/mol. The molecule has 1 aliphatic heterocycles. The molecule has 1 atom stereocenters. The van der Waals surface area contributed by atoms with Crippen molar-refractivity contribution in [2.75, 3.05) is 11.5 Å². The fourth-order valence-electron chi connectivity index (χ4n) is 4.09. The van der Waals surface area contributed by atoms with Crippen LogP contribution in [0, 0.1) is 5.41 Å². The molecule has 6 heteroatoms. The molecule has 1 saturated carbocycles. The number of benzene rings is 1. The van der Waals surface area contributed by atoms with Gasteiger partial charge in [0.05, 0.1) is 5.41 Å². The van der Waals surface area contributed by atoms with Crippen LogP contribution in [-0.2, 0) is 4.79 Å². The Hall–Kier alpha value is -1.72. The van der Waals surface area contributed by atoms with E-state index in [4.69, 9.17) is 4.74 Å². The smallest absolute Gasteiger partial charge is 0.422 e. The molecule has 0 bridgehead atoms. The minimum absolute atomic E-state index is 0.109. The Bertz CT molecular complexity index is 591. The Morgan fingerprint density at radius 3 is 2.38 bits per heavy atom. The molecule has 132 valence electrons. The lowest BCUT2D eigenvalue weighted by Crippen LogP contribution is -2.37. The average molecular weight is 341 g/mol. The van der Waals surface area contributed by atoms with Gasteiger partial charge in [0.15, 0.2) is 6.61 Å². The van der Waals surface area contributed by atoms with E-state index in [1.165, 1.54) is 18.6 Å². The lowest BCUT2D eigenvalue weighted by atomic mass is 9.72. The molecule has 1 heterocycles. The maximum Gasteiger partial charge on any atom is 0.422 e. The summed E-state index contributed by atoms with van der Waals surface area (Å²) in [4.78, 5) is 14.8. The molecule has 1 amide bonds. The average Bonchev–Trinajstić information content (AvgIpc) is 2.76. The van der Waals surface area contributed by atoms with E-state index >= 15 is 0 Å². The molecule has 1 spiro atoms. The van der Waals surface area contributed by atoms with Crippen LogP contribution in [0.5, 0.6) is 5.75 Å². The molecular formula is C18H22F3NO2. The second-order valence-corrected chi connectivity index (χ2v) is 6.97. The van der Waals surface area contributed by atoms with Crippen molar-refractivity contribution in [3.05, 3.63) is 24.3 Å². The second kappa shape index (κ2) is 6.30. The SMILES string of the molecule is CC1CC2(CCCCC2)C(=O)N1c1ccc(OCC(F)(F)F)cc1. The van der Waals surface area contributed by atoms with E-state index in [1.807, 2.05) is 6.92 Å². The monoisotopic (exact) mass is 341 g/mol. The topological polar surface area (TPSA) is 29.5 Å². The molecule has 3 rings (SSSR count). The van der Waals surface area contributed by atoms with Crippen molar-refractivity contribution in [1.82, 2.24) is 0 Å². The molecule has 2 aliphatic rings.